The Balaban J connectivity index is 1.36. The van der Waals surface area contributed by atoms with Crippen LogP contribution in [0.25, 0.3) is 10.6 Å². The SMILES string of the molecule is CN1CCN(Cc2cccc(CNC(=O)c3ccc(-c4cccs4)[nH]c3=O)c2)CC1. The number of rotatable bonds is 6. The number of amides is 1. The number of pyridine rings is 1. The van der Waals surface area contributed by atoms with Gasteiger partial charge in [0.2, 0.25) is 0 Å². The van der Waals surface area contributed by atoms with Crippen LogP contribution in [0.15, 0.2) is 58.7 Å². The van der Waals surface area contributed by atoms with Crippen molar-refractivity contribution in [2.75, 3.05) is 33.2 Å². The van der Waals surface area contributed by atoms with Crippen LogP contribution in [0.5, 0.6) is 0 Å². The molecule has 0 saturated carbocycles. The van der Waals surface area contributed by atoms with Crippen LogP contribution in [0.3, 0.4) is 0 Å². The Bertz CT molecular complexity index is 1050. The zero-order valence-electron chi connectivity index (χ0n) is 17.1. The fourth-order valence-corrected chi connectivity index (χ4v) is 4.31. The summed E-state index contributed by atoms with van der Waals surface area (Å²) < 4.78 is 0. The monoisotopic (exact) mass is 422 g/mol. The summed E-state index contributed by atoms with van der Waals surface area (Å²) in [5, 5.41) is 4.82. The van der Waals surface area contributed by atoms with Gasteiger partial charge in [0.15, 0.2) is 0 Å². The summed E-state index contributed by atoms with van der Waals surface area (Å²) in [6.07, 6.45) is 0. The molecule has 3 heterocycles. The van der Waals surface area contributed by atoms with Crippen molar-refractivity contribution in [1.82, 2.24) is 20.1 Å². The van der Waals surface area contributed by atoms with Crippen molar-refractivity contribution < 1.29 is 4.79 Å². The molecule has 0 unspecified atom stereocenters. The van der Waals surface area contributed by atoms with Crippen molar-refractivity contribution in [3.05, 3.63) is 81.0 Å². The van der Waals surface area contributed by atoms with Crippen molar-refractivity contribution >= 4 is 17.2 Å². The lowest BCUT2D eigenvalue weighted by atomic mass is 10.1. The van der Waals surface area contributed by atoms with E-state index in [1.807, 2.05) is 29.6 Å². The maximum Gasteiger partial charge on any atom is 0.261 e. The van der Waals surface area contributed by atoms with E-state index in [4.69, 9.17) is 0 Å². The summed E-state index contributed by atoms with van der Waals surface area (Å²) in [5.41, 5.74) is 2.75. The highest BCUT2D eigenvalue weighted by molar-refractivity contribution is 7.13. The average molecular weight is 423 g/mol. The molecule has 1 aliphatic rings. The van der Waals surface area contributed by atoms with Crippen molar-refractivity contribution in [2.45, 2.75) is 13.1 Å². The average Bonchev–Trinajstić information content (AvgIpc) is 3.29. The summed E-state index contributed by atoms with van der Waals surface area (Å²) >= 11 is 1.54. The second-order valence-electron chi connectivity index (χ2n) is 7.67. The third-order valence-corrected chi connectivity index (χ3v) is 6.29. The molecule has 6 nitrogen and oxygen atoms in total. The fourth-order valence-electron chi connectivity index (χ4n) is 3.61. The minimum atomic E-state index is -0.373. The van der Waals surface area contributed by atoms with Gasteiger partial charge >= 0.3 is 0 Å². The van der Waals surface area contributed by atoms with E-state index in [9.17, 15) is 9.59 Å². The van der Waals surface area contributed by atoms with Crippen LogP contribution in [-0.2, 0) is 13.1 Å². The summed E-state index contributed by atoms with van der Waals surface area (Å²) in [7, 11) is 2.15. The Kier molecular flexibility index (Phi) is 6.42. The zero-order valence-corrected chi connectivity index (χ0v) is 17.9. The number of aromatic amines is 1. The first-order chi connectivity index (χ1) is 14.6. The van der Waals surface area contributed by atoms with Gasteiger partial charge in [0.25, 0.3) is 11.5 Å². The fraction of sp³-hybridized carbons (Fsp3) is 0.304. The maximum atomic E-state index is 12.5. The van der Waals surface area contributed by atoms with Gasteiger partial charge in [-0.15, -0.1) is 11.3 Å². The van der Waals surface area contributed by atoms with Crippen LogP contribution in [0, 0.1) is 0 Å². The zero-order chi connectivity index (χ0) is 20.9. The number of nitrogens with one attached hydrogen (secondary N) is 2. The van der Waals surface area contributed by atoms with Gasteiger partial charge in [-0.2, -0.15) is 0 Å². The van der Waals surface area contributed by atoms with Crippen LogP contribution in [0.4, 0.5) is 0 Å². The van der Waals surface area contributed by atoms with E-state index in [0.29, 0.717) is 6.54 Å². The molecule has 1 aliphatic heterocycles. The summed E-state index contributed by atoms with van der Waals surface area (Å²) in [4.78, 5) is 33.5. The van der Waals surface area contributed by atoms with Crippen LogP contribution in [0.2, 0.25) is 0 Å². The number of hydrogen-bond donors (Lipinski definition) is 2. The molecule has 7 heteroatoms. The van der Waals surface area contributed by atoms with Gasteiger partial charge < -0.3 is 15.2 Å². The predicted octanol–water partition coefficient (Wildman–Crippen LogP) is 2.78. The lowest BCUT2D eigenvalue weighted by Crippen LogP contribution is -2.43. The number of benzene rings is 1. The molecule has 2 N–H and O–H groups in total. The maximum absolute atomic E-state index is 12.5. The van der Waals surface area contributed by atoms with Gasteiger partial charge in [0, 0.05) is 39.3 Å². The molecular weight excluding hydrogens is 396 g/mol. The van der Waals surface area contributed by atoms with Gasteiger partial charge in [-0.1, -0.05) is 30.3 Å². The second-order valence-corrected chi connectivity index (χ2v) is 8.62. The van der Waals surface area contributed by atoms with Gasteiger partial charge in [0.05, 0.1) is 10.6 Å². The summed E-state index contributed by atoms with van der Waals surface area (Å²) in [6, 6.07) is 15.5. The van der Waals surface area contributed by atoms with E-state index < -0.39 is 0 Å². The second kappa shape index (κ2) is 9.38. The van der Waals surface area contributed by atoms with E-state index in [2.05, 4.69) is 39.3 Å². The normalized spacial score (nSPS) is 15.2. The molecule has 0 aliphatic carbocycles. The number of thiophene rings is 1. The largest absolute Gasteiger partial charge is 0.348 e. The van der Waals surface area contributed by atoms with E-state index >= 15 is 0 Å². The molecule has 3 aromatic rings. The smallest absolute Gasteiger partial charge is 0.261 e. The highest BCUT2D eigenvalue weighted by Crippen LogP contribution is 2.21. The van der Waals surface area contributed by atoms with E-state index in [1.165, 1.54) is 5.56 Å². The molecule has 1 amide bonds. The first kappa shape index (κ1) is 20.5. The number of carbonyl (C=O) groups excluding carboxylic acids is 1. The molecule has 0 radical (unpaired) electrons. The molecule has 156 valence electrons. The van der Waals surface area contributed by atoms with Crippen LogP contribution >= 0.6 is 11.3 Å². The molecule has 0 atom stereocenters. The first-order valence-corrected chi connectivity index (χ1v) is 11.0. The van der Waals surface area contributed by atoms with Gasteiger partial charge in [-0.25, -0.2) is 0 Å². The molecule has 4 rings (SSSR count). The molecule has 0 spiro atoms. The molecular formula is C23H26N4O2S. The molecule has 0 bridgehead atoms. The Hall–Kier alpha value is -2.74. The third-order valence-electron chi connectivity index (χ3n) is 5.39. The summed E-state index contributed by atoms with van der Waals surface area (Å²) in [5.74, 6) is -0.363. The first-order valence-electron chi connectivity index (χ1n) is 10.1. The van der Waals surface area contributed by atoms with Gasteiger partial charge in [-0.05, 0) is 41.8 Å². The quantitative estimate of drug-likeness (QED) is 0.641. The van der Waals surface area contributed by atoms with E-state index in [1.54, 1.807) is 23.5 Å². The Morgan fingerprint density at radius 3 is 2.60 bits per heavy atom. The molecule has 1 fully saturated rings. The number of H-pyrrole nitrogens is 1. The van der Waals surface area contributed by atoms with Gasteiger partial charge in [-0.3, -0.25) is 14.5 Å². The summed E-state index contributed by atoms with van der Waals surface area (Å²) in [6.45, 7) is 5.63. The standard InChI is InChI=1S/C23H26N4O2S/c1-26-9-11-27(12-10-26)16-18-5-2-4-17(14-18)15-24-22(28)19-7-8-20(25-23(19)29)21-6-3-13-30-21/h2-8,13-14H,9-12,15-16H2,1H3,(H,24,28)(H,25,29). The van der Waals surface area contributed by atoms with Crippen LogP contribution < -0.4 is 10.9 Å². The lowest BCUT2D eigenvalue weighted by Gasteiger charge is -2.32. The molecule has 2 aromatic heterocycles. The highest BCUT2D eigenvalue weighted by atomic mass is 32.1. The van der Waals surface area contributed by atoms with Gasteiger partial charge in [0.1, 0.15) is 5.56 Å². The van der Waals surface area contributed by atoms with Crippen LogP contribution in [-0.4, -0.2) is 53.9 Å². The Morgan fingerprint density at radius 2 is 1.87 bits per heavy atom. The number of carbonyl (C=O) groups is 1. The number of nitrogens with zero attached hydrogens (tertiary/aromatic N) is 2. The topological polar surface area (TPSA) is 68.4 Å². The minimum Gasteiger partial charge on any atom is -0.348 e. The van der Waals surface area contributed by atoms with Crippen LogP contribution in [0.1, 0.15) is 21.5 Å². The Morgan fingerprint density at radius 1 is 1.07 bits per heavy atom. The number of likely N-dealkylation sites (N-methyl/N-ethyl adjacent to an activating group) is 1. The van der Waals surface area contributed by atoms with E-state index in [0.717, 1.165) is 48.9 Å². The lowest BCUT2D eigenvalue weighted by molar-refractivity contribution is 0.0949. The predicted molar refractivity (Wildman–Crippen MR) is 121 cm³/mol. The van der Waals surface area contributed by atoms with Crippen molar-refractivity contribution in [2.24, 2.45) is 0 Å². The Labute approximate surface area is 180 Å². The number of aromatic nitrogens is 1. The minimum absolute atomic E-state index is 0.129. The van der Waals surface area contributed by atoms with Crippen molar-refractivity contribution in [3.63, 3.8) is 0 Å². The number of hydrogen-bond acceptors (Lipinski definition) is 5. The molecule has 1 saturated heterocycles. The van der Waals surface area contributed by atoms with E-state index in [-0.39, 0.29) is 17.0 Å². The highest BCUT2D eigenvalue weighted by Gasteiger charge is 2.14. The number of piperazine rings is 1. The molecule has 1 aromatic carbocycles. The van der Waals surface area contributed by atoms with Crippen molar-refractivity contribution in [3.8, 4) is 10.6 Å². The van der Waals surface area contributed by atoms with Crippen molar-refractivity contribution in [1.29, 1.82) is 0 Å². The third kappa shape index (κ3) is 5.05. The molecule has 30 heavy (non-hydrogen) atoms.